The number of hydrogen-bond acceptors (Lipinski definition) is 4. The minimum absolute atomic E-state index is 0.110. The molecule has 0 amide bonds. The molecule has 2 unspecified atom stereocenters. The summed E-state index contributed by atoms with van der Waals surface area (Å²) >= 11 is 5.78. The summed E-state index contributed by atoms with van der Waals surface area (Å²) in [5.41, 5.74) is -0.161. The third-order valence-corrected chi connectivity index (χ3v) is 5.27. The van der Waals surface area contributed by atoms with Crippen LogP contribution in [0.15, 0.2) is 23.1 Å². The molecule has 1 aliphatic carbocycles. The van der Waals surface area contributed by atoms with E-state index in [1.165, 1.54) is 6.07 Å². The SMILES string of the molecule is N#CC1CCCC1NS(=O)(=O)c1ccc(C(=O)O)c(Cl)c1. The quantitative estimate of drug-likeness (QED) is 0.879. The molecule has 0 radical (unpaired) electrons. The molecular weight excluding hydrogens is 316 g/mol. The van der Waals surface area contributed by atoms with Crippen LogP contribution in [0.25, 0.3) is 0 Å². The molecular formula is C13H13ClN2O4S. The highest BCUT2D eigenvalue weighted by molar-refractivity contribution is 7.89. The van der Waals surface area contributed by atoms with Gasteiger partial charge in [0.15, 0.2) is 0 Å². The number of hydrogen-bond donors (Lipinski definition) is 2. The van der Waals surface area contributed by atoms with Gasteiger partial charge in [0.05, 0.1) is 27.5 Å². The normalized spacial score (nSPS) is 21.9. The van der Waals surface area contributed by atoms with Gasteiger partial charge in [-0.2, -0.15) is 5.26 Å². The Morgan fingerprint density at radius 2 is 2.14 bits per heavy atom. The van der Waals surface area contributed by atoms with E-state index in [4.69, 9.17) is 22.0 Å². The van der Waals surface area contributed by atoms with Crippen LogP contribution in [0.3, 0.4) is 0 Å². The van der Waals surface area contributed by atoms with Crippen molar-refractivity contribution in [1.29, 1.82) is 5.26 Å². The molecule has 1 aromatic carbocycles. The highest BCUT2D eigenvalue weighted by Crippen LogP contribution is 2.27. The molecule has 1 aliphatic rings. The van der Waals surface area contributed by atoms with E-state index in [1.54, 1.807) is 0 Å². The minimum Gasteiger partial charge on any atom is -0.478 e. The van der Waals surface area contributed by atoms with Gasteiger partial charge in [-0.1, -0.05) is 18.0 Å². The molecule has 2 rings (SSSR count). The Morgan fingerprint density at radius 3 is 2.71 bits per heavy atom. The van der Waals surface area contributed by atoms with Crippen molar-refractivity contribution in [2.75, 3.05) is 0 Å². The van der Waals surface area contributed by atoms with Gasteiger partial charge >= 0.3 is 5.97 Å². The molecule has 1 fully saturated rings. The highest BCUT2D eigenvalue weighted by Gasteiger charge is 2.31. The predicted molar refractivity (Wildman–Crippen MR) is 75.5 cm³/mol. The molecule has 0 aromatic heterocycles. The number of halogens is 1. The summed E-state index contributed by atoms with van der Waals surface area (Å²) in [5, 5.41) is 17.7. The van der Waals surface area contributed by atoms with E-state index in [9.17, 15) is 13.2 Å². The number of nitrogens with zero attached hydrogens (tertiary/aromatic N) is 1. The van der Waals surface area contributed by atoms with E-state index < -0.39 is 22.0 Å². The average molecular weight is 329 g/mol. The van der Waals surface area contributed by atoms with Gasteiger partial charge in [-0.3, -0.25) is 0 Å². The summed E-state index contributed by atoms with van der Waals surface area (Å²) in [4.78, 5) is 10.7. The fourth-order valence-electron chi connectivity index (χ4n) is 2.36. The topological polar surface area (TPSA) is 107 Å². The molecule has 0 heterocycles. The van der Waals surface area contributed by atoms with Gasteiger partial charge in [0, 0.05) is 6.04 Å². The maximum absolute atomic E-state index is 12.3. The zero-order chi connectivity index (χ0) is 15.6. The first kappa shape index (κ1) is 15.8. The highest BCUT2D eigenvalue weighted by atomic mass is 35.5. The largest absolute Gasteiger partial charge is 0.478 e. The summed E-state index contributed by atoms with van der Waals surface area (Å²) in [6.45, 7) is 0. The summed E-state index contributed by atoms with van der Waals surface area (Å²) in [5.74, 6) is -1.56. The van der Waals surface area contributed by atoms with Crippen LogP contribution in [-0.4, -0.2) is 25.5 Å². The molecule has 21 heavy (non-hydrogen) atoms. The van der Waals surface area contributed by atoms with Crippen LogP contribution in [0.5, 0.6) is 0 Å². The molecule has 1 aromatic rings. The summed E-state index contributed by atoms with van der Waals surface area (Å²) < 4.78 is 27.0. The molecule has 0 aliphatic heterocycles. The van der Waals surface area contributed by atoms with Crippen LogP contribution < -0.4 is 4.72 Å². The van der Waals surface area contributed by atoms with E-state index in [0.29, 0.717) is 12.8 Å². The lowest BCUT2D eigenvalue weighted by molar-refractivity contribution is 0.0697. The molecule has 0 saturated heterocycles. The van der Waals surface area contributed by atoms with Crippen LogP contribution in [0.2, 0.25) is 5.02 Å². The summed E-state index contributed by atoms with van der Waals surface area (Å²) in [7, 11) is -3.83. The van der Waals surface area contributed by atoms with Gasteiger partial charge in [-0.05, 0) is 31.0 Å². The Labute approximate surface area is 127 Å². The number of carboxylic acid groups (broad SMARTS) is 1. The number of carbonyl (C=O) groups is 1. The zero-order valence-corrected chi connectivity index (χ0v) is 12.5. The minimum atomic E-state index is -3.83. The third kappa shape index (κ3) is 3.35. The van der Waals surface area contributed by atoms with Gasteiger partial charge in [-0.15, -0.1) is 0 Å². The Hall–Kier alpha value is -1.62. The number of carboxylic acids is 1. The lowest BCUT2D eigenvalue weighted by Crippen LogP contribution is -2.36. The monoisotopic (exact) mass is 328 g/mol. The second kappa shape index (κ2) is 6.02. The van der Waals surface area contributed by atoms with Crippen molar-refractivity contribution in [3.05, 3.63) is 28.8 Å². The van der Waals surface area contributed by atoms with E-state index in [1.807, 2.05) is 0 Å². The average Bonchev–Trinajstić information content (AvgIpc) is 2.84. The van der Waals surface area contributed by atoms with Crippen molar-refractivity contribution in [1.82, 2.24) is 4.72 Å². The summed E-state index contributed by atoms with van der Waals surface area (Å²) in [6.07, 6.45) is 2.07. The lowest BCUT2D eigenvalue weighted by Gasteiger charge is -2.16. The van der Waals surface area contributed by atoms with Crippen molar-refractivity contribution in [3.8, 4) is 6.07 Å². The van der Waals surface area contributed by atoms with Gasteiger partial charge in [-0.25, -0.2) is 17.9 Å². The fraction of sp³-hybridized carbons (Fsp3) is 0.385. The molecule has 112 valence electrons. The second-order valence-electron chi connectivity index (χ2n) is 4.84. The van der Waals surface area contributed by atoms with Gasteiger partial charge in [0.1, 0.15) is 0 Å². The van der Waals surface area contributed by atoms with E-state index >= 15 is 0 Å². The molecule has 8 heteroatoms. The molecule has 6 nitrogen and oxygen atoms in total. The number of sulfonamides is 1. The maximum Gasteiger partial charge on any atom is 0.337 e. The van der Waals surface area contributed by atoms with Crippen molar-refractivity contribution in [2.24, 2.45) is 5.92 Å². The van der Waals surface area contributed by atoms with Crippen molar-refractivity contribution >= 4 is 27.6 Å². The zero-order valence-electron chi connectivity index (χ0n) is 10.9. The first-order valence-electron chi connectivity index (χ1n) is 6.30. The van der Waals surface area contributed by atoms with E-state index in [2.05, 4.69) is 10.8 Å². The fourth-order valence-corrected chi connectivity index (χ4v) is 4.02. The van der Waals surface area contributed by atoms with Crippen LogP contribution in [0.1, 0.15) is 29.6 Å². The number of nitriles is 1. The predicted octanol–water partition coefficient (Wildman–Crippen LogP) is 2.01. The number of benzene rings is 1. The van der Waals surface area contributed by atoms with Gasteiger partial charge < -0.3 is 5.11 Å². The molecule has 0 bridgehead atoms. The van der Waals surface area contributed by atoms with Gasteiger partial charge in [0.2, 0.25) is 10.0 Å². The van der Waals surface area contributed by atoms with Crippen LogP contribution in [0, 0.1) is 17.2 Å². The van der Waals surface area contributed by atoms with Crippen molar-refractivity contribution in [3.63, 3.8) is 0 Å². The van der Waals surface area contributed by atoms with Crippen LogP contribution in [-0.2, 0) is 10.0 Å². The van der Waals surface area contributed by atoms with Crippen molar-refractivity contribution < 1.29 is 18.3 Å². The standard InChI is InChI=1S/C13H13ClN2O4S/c14-11-6-9(4-5-10(11)13(17)18)21(19,20)16-12-3-1-2-8(12)7-15/h4-6,8,12,16H,1-3H2,(H,17,18). The van der Waals surface area contributed by atoms with Crippen molar-refractivity contribution in [2.45, 2.75) is 30.2 Å². The molecule has 2 atom stereocenters. The van der Waals surface area contributed by atoms with Gasteiger partial charge in [0.25, 0.3) is 0 Å². The maximum atomic E-state index is 12.3. The first-order chi connectivity index (χ1) is 9.85. The third-order valence-electron chi connectivity index (χ3n) is 3.47. The van der Waals surface area contributed by atoms with E-state index in [-0.39, 0.29) is 21.4 Å². The van der Waals surface area contributed by atoms with Crippen LogP contribution in [0.4, 0.5) is 0 Å². The van der Waals surface area contributed by atoms with Crippen LogP contribution >= 0.6 is 11.6 Å². The smallest absolute Gasteiger partial charge is 0.337 e. The number of rotatable bonds is 4. The molecule has 2 N–H and O–H groups in total. The van der Waals surface area contributed by atoms with E-state index in [0.717, 1.165) is 18.6 Å². The first-order valence-corrected chi connectivity index (χ1v) is 8.16. The molecule has 1 saturated carbocycles. The number of aromatic carboxylic acids is 1. The second-order valence-corrected chi connectivity index (χ2v) is 6.96. The Balaban J connectivity index is 2.26. The Kier molecular flexibility index (Phi) is 4.52. The Bertz CT molecular complexity index is 711. The Morgan fingerprint density at radius 1 is 1.43 bits per heavy atom. The number of nitrogens with one attached hydrogen (secondary N) is 1. The molecule has 0 spiro atoms. The lowest BCUT2D eigenvalue weighted by atomic mass is 10.1. The summed E-state index contributed by atoms with van der Waals surface area (Å²) in [6, 6.07) is 5.11.